The van der Waals surface area contributed by atoms with Crippen LogP contribution >= 0.6 is 0 Å². The lowest BCUT2D eigenvalue weighted by Gasteiger charge is -2.20. The highest BCUT2D eigenvalue weighted by atomic mass is 16.6. The molecule has 0 aliphatic carbocycles. The Kier molecular flexibility index (Phi) is 4.27. The maximum Gasteiger partial charge on any atom is 0.253 e. The number of rotatable bonds is 4. The monoisotopic (exact) mass is 265 g/mol. The van der Waals surface area contributed by atoms with Crippen molar-refractivity contribution in [2.75, 3.05) is 13.2 Å². The lowest BCUT2D eigenvalue weighted by Crippen LogP contribution is -2.35. The van der Waals surface area contributed by atoms with Gasteiger partial charge in [-0.1, -0.05) is 13.0 Å². The van der Waals surface area contributed by atoms with Crippen LogP contribution in [0.25, 0.3) is 0 Å². The number of carbonyl (C=O) groups excluding carboxylic acids is 1. The molecule has 1 aliphatic heterocycles. The van der Waals surface area contributed by atoms with Gasteiger partial charge < -0.3 is 19.9 Å². The zero-order valence-electron chi connectivity index (χ0n) is 11.2. The van der Waals surface area contributed by atoms with Gasteiger partial charge in [-0.25, -0.2) is 0 Å². The predicted octanol–water partition coefficient (Wildman–Crippen LogP) is 1.41. The Morgan fingerprint density at radius 3 is 2.74 bits per heavy atom. The van der Waals surface area contributed by atoms with Gasteiger partial charge in [-0.3, -0.25) is 4.79 Å². The van der Waals surface area contributed by atoms with Crippen molar-refractivity contribution in [2.24, 2.45) is 0 Å². The minimum absolute atomic E-state index is 0.0411. The van der Waals surface area contributed by atoms with E-state index in [1.807, 2.05) is 13.8 Å². The first-order chi connectivity index (χ1) is 9.11. The molecule has 5 heteroatoms. The molecule has 19 heavy (non-hydrogen) atoms. The van der Waals surface area contributed by atoms with E-state index in [0.29, 0.717) is 30.3 Å². The molecule has 1 aliphatic rings. The number of nitrogens with one attached hydrogen (secondary N) is 1. The fraction of sp³-hybridized carbons (Fsp3) is 0.500. The summed E-state index contributed by atoms with van der Waals surface area (Å²) >= 11 is 0. The van der Waals surface area contributed by atoms with Crippen LogP contribution in [0, 0.1) is 0 Å². The highest BCUT2D eigenvalue weighted by molar-refractivity contribution is 5.82. The van der Waals surface area contributed by atoms with E-state index in [4.69, 9.17) is 9.47 Å². The van der Waals surface area contributed by atoms with E-state index in [-0.39, 0.29) is 6.04 Å². The molecule has 1 heterocycles. The van der Waals surface area contributed by atoms with Gasteiger partial charge in [-0.05, 0) is 31.0 Å². The Morgan fingerprint density at radius 2 is 2.05 bits per heavy atom. The summed E-state index contributed by atoms with van der Waals surface area (Å²) in [4.78, 5) is 11.8. The first-order valence-corrected chi connectivity index (χ1v) is 6.49. The normalized spacial score (nSPS) is 16.6. The molecular formula is C14H19NO4. The molecule has 1 aromatic carbocycles. The zero-order valence-corrected chi connectivity index (χ0v) is 11.2. The fourth-order valence-electron chi connectivity index (χ4n) is 1.81. The number of amides is 1. The summed E-state index contributed by atoms with van der Waals surface area (Å²) in [6, 6.07) is 5.08. The smallest absolute Gasteiger partial charge is 0.253 e. The highest BCUT2D eigenvalue weighted by Crippen LogP contribution is 2.32. The summed E-state index contributed by atoms with van der Waals surface area (Å²) < 4.78 is 10.8. The summed E-state index contributed by atoms with van der Waals surface area (Å²) in [5.74, 6) is 0.815. The van der Waals surface area contributed by atoms with Crippen LogP contribution in [0.4, 0.5) is 0 Å². The van der Waals surface area contributed by atoms with Crippen LogP contribution in [0.2, 0.25) is 0 Å². The molecule has 0 saturated heterocycles. The molecule has 104 valence electrons. The molecule has 1 amide bonds. The molecule has 2 unspecified atom stereocenters. The topological polar surface area (TPSA) is 67.8 Å². The van der Waals surface area contributed by atoms with Gasteiger partial charge in [0.25, 0.3) is 5.91 Å². The Bertz CT molecular complexity index is 461. The maximum absolute atomic E-state index is 11.8. The van der Waals surface area contributed by atoms with Crippen molar-refractivity contribution in [1.29, 1.82) is 0 Å². The lowest BCUT2D eigenvalue weighted by atomic mass is 10.1. The van der Waals surface area contributed by atoms with E-state index >= 15 is 0 Å². The first kappa shape index (κ1) is 13.7. The average molecular weight is 265 g/mol. The van der Waals surface area contributed by atoms with Gasteiger partial charge in [0.2, 0.25) is 0 Å². The average Bonchev–Trinajstić information content (AvgIpc) is 2.45. The van der Waals surface area contributed by atoms with Crippen molar-refractivity contribution in [3.05, 3.63) is 23.8 Å². The summed E-state index contributed by atoms with van der Waals surface area (Å²) in [7, 11) is 0. The van der Waals surface area contributed by atoms with Gasteiger partial charge >= 0.3 is 0 Å². The van der Waals surface area contributed by atoms with Gasteiger partial charge in [-0.2, -0.15) is 0 Å². The number of aliphatic hydroxyl groups excluding tert-OH is 1. The third-order valence-corrected chi connectivity index (χ3v) is 3.13. The van der Waals surface area contributed by atoms with Gasteiger partial charge in [0.05, 0.1) is 0 Å². The SMILES string of the molecule is CCC(C)NC(=O)C(O)c1ccc2c(c1)OCCO2. The van der Waals surface area contributed by atoms with Crippen LogP contribution in [0.1, 0.15) is 31.9 Å². The second-order valence-corrected chi connectivity index (χ2v) is 4.62. The van der Waals surface area contributed by atoms with Crippen LogP contribution in [-0.2, 0) is 4.79 Å². The molecular weight excluding hydrogens is 246 g/mol. The van der Waals surface area contributed by atoms with Gasteiger partial charge in [0.1, 0.15) is 13.2 Å². The molecule has 2 N–H and O–H groups in total. The maximum atomic E-state index is 11.8. The van der Waals surface area contributed by atoms with E-state index in [9.17, 15) is 9.90 Å². The van der Waals surface area contributed by atoms with Gasteiger partial charge in [0, 0.05) is 6.04 Å². The lowest BCUT2D eigenvalue weighted by molar-refractivity contribution is -0.130. The second kappa shape index (κ2) is 5.93. The van der Waals surface area contributed by atoms with Crippen molar-refractivity contribution in [3.8, 4) is 11.5 Å². The van der Waals surface area contributed by atoms with E-state index < -0.39 is 12.0 Å². The van der Waals surface area contributed by atoms with Crippen LogP contribution in [-0.4, -0.2) is 30.3 Å². The predicted molar refractivity (Wildman–Crippen MR) is 70.3 cm³/mol. The van der Waals surface area contributed by atoms with Crippen LogP contribution < -0.4 is 14.8 Å². The van der Waals surface area contributed by atoms with Crippen LogP contribution in [0.3, 0.4) is 0 Å². The molecule has 1 aromatic rings. The van der Waals surface area contributed by atoms with Crippen LogP contribution in [0.5, 0.6) is 11.5 Å². The summed E-state index contributed by atoms with van der Waals surface area (Å²) in [5, 5.41) is 12.8. The number of fused-ring (bicyclic) bond motifs is 1. The van der Waals surface area contributed by atoms with Crippen molar-refractivity contribution in [1.82, 2.24) is 5.32 Å². The quantitative estimate of drug-likeness (QED) is 0.863. The Hall–Kier alpha value is -1.75. The highest BCUT2D eigenvalue weighted by Gasteiger charge is 2.21. The fourth-order valence-corrected chi connectivity index (χ4v) is 1.81. The second-order valence-electron chi connectivity index (χ2n) is 4.62. The van der Waals surface area contributed by atoms with Gasteiger partial charge in [0.15, 0.2) is 17.6 Å². The molecule has 0 fully saturated rings. The van der Waals surface area contributed by atoms with E-state index in [1.165, 1.54) is 0 Å². The molecule has 0 bridgehead atoms. The largest absolute Gasteiger partial charge is 0.486 e. The van der Waals surface area contributed by atoms with E-state index in [0.717, 1.165) is 6.42 Å². The first-order valence-electron chi connectivity index (χ1n) is 6.49. The number of benzene rings is 1. The van der Waals surface area contributed by atoms with Crippen molar-refractivity contribution < 1.29 is 19.4 Å². The minimum atomic E-state index is -1.19. The van der Waals surface area contributed by atoms with E-state index in [1.54, 1.807) is 18.2 Å². The molecule has 0 aromatic heterocycles. The molecule has 0 radical (unpaired) electrons. The molecule has 5 nitrogen and oxygen atoms in total. The number of hydrogen-bond donors (Lipinski definition) is 2. The van der Waals surface area contributed by atoms with E-state index in [2.05, 4.69) is 5.32 Å². The zero-order chi connectivity index (χ0) is 13.8. The Balaban J connectivity index is 2.10. The standard InChI is InChI=1S/C14H19NO4/c1-3-9(2)15-14(17)13(16)10-4-5-11-12(8-10)19-7-6-18-11/h4-5,8-9,13,16H,3,6-7H2,1-2H3,(H,15,17). The Morgan fingerprint density at radius 1 is 1.37 bits per heavy atom. The number of aliphatic hydroxyl groups is 1. The van der Waals surface area contributed by atoms with Crippen molar-refractivity contribution in [2.45, 2.75) is 32.4 Å². The summed E-state index contributed by atoms with van der Waals surface area (Å²) in [6.07, 6.45) is -0.371. The molecule has 0 saturated carbocycles. The molecule has 2 atom stereocenters. The molecule has 0 spiro atoms. The number of hydrogen-bond acceptors (Lipinski definition) is 4. The minimum Gasteiger partial charge on any atom is -0.486 e. The Labute approximate surface area is 112 Å². The summed E-state index contributed by atoms with van der Waals surface area (Å²) in [5.41, 5.74) is 0.505. The van der Waals surface area contributed by atoms with Crippen LogP contribution in [0.15, 0.2) is 18.2 Å². The molecule has 2 rings (SSSR count). The number of ether oxygens (including phenoxy) is 2. The third-order valence-electron chi connectivity index (χ3n) is 3.13. The number of carbonyl (C=O) groups is 1. The van der Waals surface area contributed by atoms with Crippen molar-refractivity contribution >= 4 is 5.91 Å². The third kappa shape index (κ3) is 3.17. The van der Waals surface area contributed by atoms with Gasteiger partial charge in [-0.15, -0.1) is 0 Å². The van der Waals surface area contributed by atoms with Crippen molar-refractivity contribution in [3.63, 3.8) is 0 Å². The summed E-state index contributed by atoms with van der Waals surface area (Å²) in [6.45, 7) is 4.87.